The van der Waals surface area contributed by atoms with Gasteiger partial charge in [-0.05, 0) is 47.5 Å². The van der Waals surface area contributed by atoms with Crippen LogP contribution in [0.4, 0.5) is 0 Å². The molecule has 0 aliphatic heterocycles. The van der Waals surface area contributed by atoms with Gasteiger partial charge >= 0.3 is 0 Å². The largest absolute Gasteiger partial charge is 0.309 e. The number of rotatable bonds is 6. The number of allylic oxidation sites excluding steroid dienone is 2. The Hall–Kier alpha value is -1.38. The molecule has 0 heterocycles. The molecule has 0 unspecified atom stereocenters. The van der Waals surface area contributed by atoms with Crippen LogP contribution in [0.25, 0.3) is 5.57 Å². The van der Waals surface area contributed by atoms with Gasteiger partial charge in [-0.2, -0.15) is 0 Å². The van der Waals surface area contributed by atoms with Gasteiger partial charge in [-0.1, -0.05) is 77.5 Å². The second kappa shape index (κ2) is 7.25. The molecule has 0 amide bonds. The summed E-state index contributed by atoms with van der Waals surface area (Å²) in [5.41, 5.74) is 16.0. The lowest BCUT2D eigenvalue weighted by Gasteiger charge is -2.51. The van der Waals surface area contributed by atoms with Crippen LogP contribution in [0.3, 0.4) is 0 Å². The Balaban J connectivity index is 2.56. The smallest absolute Gasteiger partial charge is 0.0930 e. The van der Waals surface area contributed by atoms with Crippen LogP contribution in [0, 0.1) is 17.3 Å². The van der Waals surface area contributed by atoms with Crippen LogP contribution in [0.15, 0.2) is 42.5 Å². The first-order chi connectivity index (χ1) is 11.3. The predicted molar refractivity (Wildman–Crippen MR) is 105 cm³/mol. The fourth-order valence-electron chi connectivity index (χ4n) is 4.36. The lowest BCUT2D eigenvalue weighted by molar-refractivity contribution is 0.0932. The summed E-state index contributed by atoms with van der Waals surface area (Å²) in [6.07, 6.45) is 10.0. The first-order valence-corrected chi connectivity index (χ1v) is 9.34. The summed E-state index contributed by atoms with van der Waals surface area (Å²) in [4.78, 5) is 0. The minimum absolute atomic E-state index is 0.255. The third kappa shape index (κ3) is 3.22. The monoisotopic (exact) mass is 326 g/mol. The van der Waals surface area contributed by atoms with E-state index in [-0.39, 0.29) is 5.41 Å². The number of hydrogen-bond acceptors (Lipinski definition) is 2. The highest BCUT2D eigenvalue weighted by Gasteiger charge is 2.49. The van der Waals surface area contributed by atoms with Crippen molar-refractivity contribution in [2.75, 3.05) is 0 Å². The topological polar surface area (TPSA) is 52.0 Å². The van der Waals surface area contributed by atoms with E-state index >= 15 is 0 Å². The maximum absolute atomic E-state index is 6.56. The van der Waals surface area contributed by atoms with Gasteiger partial charge in [0.2, 0.25) is 0 Å². The third-order valence-corrected chi connectivity index (χ3v) is 5.72. The molecule has 4 N–H and O–H groups in total. The second-order valence-electron chi connectivity index (χ2n) is 7.87. The highest BCUT2D eigenvalue weighted by molar-refractivity contribution is 5.78. The van der Waals surface area contributed by atoms with E-state index in [4.69, 9.17) is 11.5 Å². The van der Waals surface area contributed by atoms with Crippen LogP contribution in [0.1, 0.15) is 58.6 Å². The maximum atomic E-state index is 6.56. The minimum Gasteiger partial charge on any atom is -0.309 e. The van der Waals surface area contributed by atoms with Crippen molar-refractivity contribution in [3.05, 3.63) is 53.6 Å². The molecule has 0 saturated carbocycles. The second-order valence-corrected chi connectivity index (χ2v) is 7.87. The number of nitrogens with two attached hydrogens (primary N) is 2. The first kappa shape index (κ1) is 19.0. The van der Waals surface area contributed by atoms with Crippen molar-refractivity contribution in [3.8, 4) is 0 Å². The van der Waals surface area contributed by atoms with Gasteiger partial charge < -0.3 is 11.5 Å². The molecule has 0 bridgehead atoms. The van der Waals surface area contributed by atoms with Crippen LogP contribution in [0.2, 0.25) is 0 Å². The zero-order valence-electron chi connectivity index (χ0n) is 16.0. The van der Waals surface area contributed by atoms with Gasteiger partial charge in [0.05, 0.1) is 5.66 Å². The lowest BCUT2D eigenvalue weighted by Crippen LogP contribution is -2.65. The van der Waals surface area contributed by atoms with Crippen LogP contribution in [-0.2, 0) is 6.42 Å². The minimum atomic E-state index is -0.822. The van der Waals surface area contributed by atoms with Crippen molar-refractivity contribution >= 4 is 5.57 Å². The average molecular weight is 327 g/mol. The molecule has 2 heteroatoms. The Bertz CT molecular complexity index is 613. The van der Waals surface area contributed by atoms with Crippen molar-refractivity contribution in [2.24, 2.45) is 28.7 Å². The molecule has 0 atom stereocenters. The summed E-state index contributed by atoms with van der Waals surface area (Å²) < 4.78 is 0. The molecule has 24 heavy (non-hydrogen) atoms. The van der Waals surface area contributed by atoms with E-state index in [2.05, 4.69) is 71.0 Å². The summed E-state index contributed by atoms with van der Waals surface area (Å²) in [6.45, 7) is 11.1. The molecule has 1 aromatic carbocycles. The van der Waals surface area contributed by atoms with E-state index in [9.17, 15) is 0 Å². The molecule has 0 spiro atoms. The predicted octanol–water partition coefficient (Wildman–Crippen LogP) is 4.89. The molecular formula is C22H34N2. The summed E-state index contributed by atoms with van der Waals surface area (Å²) in [6, 6.07) is 8.74. The molecular weight excluding hydrogens is 292 g/mol. The number of benzene rings is 1. The summed E-state index contributed by atoms with van der Waals surface area (Å²) in [7, 11) is 0. The molecule has 2 rings (SSSR count). The van der Waals surface area contributed by atoms with Gasteiger partial charge in [0, 0.05) is 5.41 Å². The molecule has 132 valence electrons. The van der Waals surface area contributed by atoms with E-state index in [0.717, 1.165) is 6.42 Å². The molecule has 0 saturated heterocycles. The Morgan fingerprint density at radius 1 is 1.00 bits per heavy atom. The molecule has 0 aromatic heterocycles. The average Bonchev–Trinajstić information content (AvgIpc) is 2.52. The van der Waals surface area contributed by atoms with Gasteiger partial charge in [0.15, 0.2) is 0 Å². The van der Waals surface area contributed by atoms with Gasteiger partial charge in [0.1, 0.15) is 0 Å². The zero-order chi connectivity index (χ0) is 18.0. The Morgan fingerprint density at radius 3 is 2.21 bits per heavy atom. The summed E-state index contributed by atoms with van der Waals surface area (Å²) >= 11 is 0. The van der Waals surface area contributed by atoms with Crippen molar-refractivity contribution in [1.29, 1.82) is 0 Å². The third-order valence-electron chi connectivity index (χ3n) is 5.72. The van der Waals surface area contributed by atoms with E-state index in [1.807, 2.05) is 6.08 Å². The van der Waals surface area contributed by atoms with Gasteiger partial charge in [-0.3, -0.25) is 0 Å². The van der Waals surface area contributed by atoms with Crippen LogP contribution in [-0.4, -0.2) is 5.66 Å². The molecule has 1 aromatic rings. The Labute approximate surface area is 148 Å². The normalized spacial score (nSPS) is 19.0. The van der Waals surface area contributed by atoms with Crippen LogP contribution >= 0.6 is 0 Å². The fourth-order valence-corrected chi connectivity index (χ4v) is 4.36. The SMILES string of the molecule is CCCCc1ccccc1C1=CC(C(C)C)(C(C)C)C(N)(N)C=C1. The van der Waals surface area contributed by atoms with Crippen LogP contribution < -0.4 is 11.5 Å². The van der Waals surface area contributed by atoms with Gasteiger partial charge in [0.25, 0.3) is 0 Å². The zero-order valence-corrected chi connectivity index (χ0v) is 16.0. The van der Waals surface area contributed by atoms with Crippen molar-refractivity contribution in [1.82, 2.24) is 0 Å². The fraction of sp³-hybridized carbons (Fsp3) is 0.545. The molecule has 0 fully saturated rings. The molecule has 1 aliphatic rings. The van der Waals surface area contributed by atoms with E-state index in [1.165, 1.54) is 29.5 Å². The Morgan fingerprint density at radius 2 is 1.62 bits per heavy atom. The van der Waals surface area contributed by atoms with Gasteiger partial charge in [-0.25, -0.2) is 0 Å². The molecule has 1 aliphatic carbocycles. The van der Waals surface area contributed by atoms with Crippen LogP contribution in [0.5, 0.6) is 0 Å². The standard InChI is InChI=1S/C22H34N2/c1-6-7-10-18-11-8-9-12-20(18)19-13-14-22(23,24)21(15-19,16(2)3)17(4)5/h8-9,11-17H,6-7,10,23-24H2,1-5H3. The van der Waals surface area contributed by atoms with E-state index < -0.39 is 5.66 Å². The first-order valence-electron chi connectivity index (χ1n) is 9.34. The van der Waals surface area contributed by atoms with E-state index in [1.54, 1.807) is 0 Å². The van der Waals surface area contributed by atoms with Crippen molar-refractivity contribution in [2.45, 2.75) is 59.5 Å². The van der Waals surface area contributed by atoms with Crippen molar-refractivity contribution in [3.63, 3.8) is 0 Å². The van der Waals surface area contributed by atoms with Gasteiger partial charge in [-0.15, -0.1) is 0 Å². The lowest BCUT2D eigenvalue weighted by atomic mass is 9.58. The molecule has 0 radical (unpaired) electrons. The Kier molecular flexibility index (Phi) is 5.72. The molecule has 2 nitrogen and oxygen atoms in total. The number of unbranched alkanes of at least 4 members (excludes halogenated alkanes) is 1. The summed E-state index contributed by atoms with van der Waals surface area (Å²) in [5.74, 6) is 0.713. The summed E-state index contributed by atoms with van der Waals surface area (Å²) in [5, 5.41) is 0. The van der Waals surface area contributed by atoms with E-state index in [0.29, 0.717) is 11.8 Å². The number of aryl methyl sites for hydroxylation is 1. The quantitative estimate of drug-likeness (QED) is 0.731. The highest BCUT2D eigenvalue weighted by Crippen LogP contribution is 2.48. The maximum Gasteiger partial charge on any atom is 0.0930 e. The van der Waals surface area contributed by atoms with Crippen molar-refractivity contribution < 1.29 is 0 Å². The highest BCUT2D eigenvalue weighted by atomic mass is 15.0. The number of hydrogen-bond donors (Lipinski definition) is 2.